The summed E-state index contributed by atoms with van der Waals surface area (Å²) in [6.07, 6.45) is 1.90. The molecule has 0 spiro atoms. The maximum absolute atomic E-state index is 14.1. The minimum absolute atomic E-state index is 0.201. The highest BCUT2D eigenvalue weighted by Crippen LogP contribution is 2.36. The first-order valence-electron chi connectivity index (χ1n) is 13.0. The summed E-state index contributed by atoms with van der Waals surface area (Å²) in [5, 5.41) is 0. The van der Waals surface area contributed by atoms with Crippen LogP contribution in [-0.2, 0) is 9.53 Å². The van der Waals surface area contributed by atoms with Gasteiger partial charge in [-0.2, -0.15) is 0 Å². The molecule has 10 heteroatoms. The molecule has 4 aromatic rings. The summed E-state index contributed by atoms with van der Waals surface area (Å²) in [7, 11) is 3.10. The molecule has 1 aliphatic heterocycles. The molecule has 41 heavy (non-hydrogen) atoms. The van der Waals surface area contributed by atoms with Gasteiger partial charge in [0.15, 0.2) is 16.3 Å². The molecule has 2 aromatic heterocycles. The zero-order valence-electron chi connectivity index (χ0n) is 23.6. The molecule has 2 aromatic carbocycles. The lowest BCUT2D eigenvalue weighted by atomic mass is 9.95. The molecule has 8 nitrogen and oxygen atoms in total. The first-order chi connectivity index (χ1) is 19.7. The molecule has 5 rings (SSSR count). The maximum Gasteiger partial charge on any atom is 0.338 e. The van der Waals surface area contributed by atoms with Gasteiger partial charge >= 0.3 is 5.97 Å². The van der Waals surface area contributed by atoms with Gasteiger partial charge < -0.3 is 18.8 Å². The summed E-state index contributed by atoms with van der Waals surface area (Å²) in [6, 6.07) is 14.8. The molecule has 0 fully saturated rings. The molecule has 1 aliphatic rings. The van der Waals surface area contributed by atoms with Gasteiger partial charge in [-0.1, -0.05) is 33.3 Å². The number of hydrogen-bond acceptors (Lipinski definition) is 7. The number of fused-ring (bicyclic) bond motifs is 1. The van der Waals surface area contributed by atoms with Gasteiger partial charge in [-0.3, -0.25) is 9.36 Å². The number of benzene rings is 2. The van der Waals surface area contributed by atoms with Crippen molar-refractivity contribution in [3.8, 4) is 17.2 Å². The lowest BCUT2D eigenvalue weighted by Gasteiger charge is -2.25. The lowest BCUT2D eigenvalue weighted by molar-refractivity contribution is -0.139. The maximum atomic E-state index is 14.1. The van der Waals surface area contributed by atoms with Gasteiger partial charge in [0.05, 0.1) is 42.7 Å². The van der Waals surface area contributed by atoms with Crippen LogP contribution in [-0.4, -0.2) is 35.9 Å². The van der Waals surface area contributed by atoms with Crippen LogP contribution in [0.1, 0.15) is 42.4 Å². The smallest absolute Gasteiger partial charge is 0.338 e. The topological polar surface area (TPSA) is 84.1 Å². The Labute approximate surface area is 250 Å². The fourth-order valence-corrected chi connectivity index (χ4v) is 6.49. The zero-order valence-corrected chi connectivity index (χ0v) is 26.1. The van der Waals surface area contributed by atoms with E-state index in [1.54, 1.807) is 44.8 Å². The average Bonchev–Trinajstić information content (AvgIpc) is 3.41. The largest absolute Gasteiger partial charge is 0.493 e. The van der Waals surface area contributed by atoms with E-state index >= 15 is 0 Å². The number of methoxy groups -OCH3 is 2. The quantitative estimate of drug-likeness (QED) is 0.267. The standard InChI is InChI=1S/C31H30BrN3O5S/c1-7-40-30(37)27-18(3)33-31-35(28(27)20-8-13-24(38-5)25(15-20)39-6)29(36)26(41-31)16-21-14-17(2)34(19(21)4)23-11-9-22(32)10-12-23/h8-16,28H,7H2,1-6H3/b26-16+. The minimum Gasteiger partial charge on any atom is -0.493 e. The molecular formula is C31H30BrN3O5S. The predicted molar refractivity (Wildman–Crippen MR) is 163 cm³/mol. The van der Waals surface area contributed by atoms with Crippen LogP contribution in [0, 0.1) is 13.8 Å². The molecule has 0 bridgehead atoms. The van der Waals surface area contributed by atoms with Crippen molar-refractivity contribution in [2.45, 2.75) is 33.7 Å². The summed E-state index contributed by atoms with van der Waals surface area (Å²) in [4.78, 5) is 32.5. The molecule has 0 radical (unpaired) electrons. The Morgan fingerprint density at radius 3 is 2.41 bits per heavy atom. The number of hydrogen-bond donors (Lipinski definition) is 0. The van der Waals surface area contributed by atoms with Gasteiger partial charge in [-0.25, -0.2) is 9.79 Å². The third-order valence-electron chi connectivity index (χ3n) is 7.08. The van der Waals surface area contributed by atoms with Gasteiger partial charge in [0.25, 0.3) is 5.56 Å². The van der Waals surface area contributed by atoms with E-state index in [0.29, 0.717) is 37.7 Å². The van der Waals surface area contributed by atoms with E-state index in [1.165, 1.54) is 11.3 Å². The van der Waals surface area contributed by atoms with Gasteiger partial charge in [0.2, 0.25) is 0 Å². The molecule has 1 atom stereocenters. The third-order valence-corrected chi connectivity index (χ3v) is 8.59. The van der Waals surface area contributed by atoms with Crippen LogP contribution in [0.5, 0.6) is 11.5 Å². The van der Waals surface area contributed by atoms with Crippen LogP contribution in [0.15, 0.2) is 74.1 Å². The van der Waals surface area contributed by atoms with Crippen LogP contribution in [0.4, 0.5) is 0 Å². The average molecular weight is 637 g/mol. The van der Waals surface area contributed by atoms with Crippen LogP contribution < -0.4 is 24.4 Å². The second-order valence-electron chi connectivity index (χ2n) is 9.55. The molecule has 1 unspecified atom stereocenters. The second kappa shape index (κ2) is 11.5. The van der Waals surface area contributed by atoms with Crippen molar-refractivity contribution in [1.29, 1.82) is 0 Å². The van der Waals surface area contributed by atoms with Crippen LogP contribution in [0.25, 0.3) is 11.8 Å². The third kappa shape index (κ3) is 5.17. The van der Waals surface area contributed by atoms with E-state index in [0.717, 1.165) is 27.1 Å². The number of aromatic nitrogens is 2. The summed E-state index contributed by atoms with van der Waals surface area (Å²) >= 11 is 4.79. The molecule has 0 saturated carbocycles. The van der Waals surface area contributed by atoms with E-state index in [-0.39, 0.29) is 12.2 Å². The van der Waals surface area contributed by atoms with Crippen LogP contribution >= 0.6 is 27.3 Å². The summed E-state index contributed by atoms with van der Waals surface area (Å²) in [6.45, 7) is 7.79. The van der Waals surface area contributed by atoms with Crippen molar-refractivity contribution in [2.24, 2.45) is 4.99 Å². The Kier molecular flexibility index (Phi) is 8.06. The number of nitrogens with zero attached hydrogens (tertiary/aromatic N) is 3. The number of rotatable bonds is 7. The van der Waals surface area contributed by atoms with E-state index in [9.17, 15) is 9.59 Å². The first-order valence-corrected chi connectivity index (χ1v) is 14.7. The fourth-order valence-electron chi connectivity index (χ4n) is 5.19. The number of aryl methyl sites for hydroxylation is 1. The van der Waals surface area contributed by atoms with Gasteiger partial charge in [-0.15, -0.1) is 0 Å². The van der Waals surface area contributed by atoms with Crippen molar-refractivity contribution in [3.05, 3.63) is 106 Å². The number of esters is 1. The molecule has 0 N–H and O–H groups in total. The number of allylic oxidation sites excluding steroid dienone is 1. The van der Waals surface area contributed by atoms with Crippen LogP contribution in [0.2, 0.25) is 0 Å². The number of halogens is 1. The van der Waals surface area contributed by atoms with Gasteiger partial charge in [0.1, 0.15) is 0 Å². The Hall–Kier alpha value is -3.89. The number of carbonyl (C=O) groups excluding carboxylic acids is 1. The van der Waals surface area contributed by atoms with Crippen molar-refractivity contribution in [2.75, 3.05) is 20.8 Å². The number of ether oxygens (including phenoxy) is 3. The monoisotopic (exact) mass is 635 g/mol. The normalized spacial score (nSPS) is 15.0. The Morgan fingerprint density at radius 2 is 1.76 bits per heavy atom. The SMILES string of the molecule is CCOC(=O)C1=C(C)N=c2s/c(=C/c3cc(C)n(-c4ccc(Br)cc4)c3C)c(=O)n2C1c1ccc(OC)c(OC)c1. The second-order valence-corrected chi connectivity index (χ2v) is 11.5. The lowest BCUT2D eigenvalue weighted by Crippen LogP contribution is -2.40. The summed E-state index contributed by atoms with van der Waals surface area (Å²) < 4.78 is 21.6. The fraction of sp³-hybridized carbons (Fsp3) is 0.258. The van der Waals surface area contributed by atoms with E-state index < -0.39 is 12.0 Å². The highest BCUT2D eigenvalue weighted by molar-refractivity contribution is 9.10. The summed E-state index contributed by atoms with van der Waals surface area (Å²) in [5.74, 6) is 0.523. The van der Waals surface area contributed by atoms with Crippen molar-refractivity contribution in [1.82, 2.24) is 9.13 Å². The van der Waals surface area contributed by atoms with Crippen molar-refractivity contribution >= 4 is 39.3 Å². The molecular weight excluding hydrogens is 606 g/mol. The summed E-state index contributed by atoms with van der Waals surface area (Å²) in [5.41, 5.74) is 5.28. The van der Waals surface area contributed by atoms with Gasteiger partial charge in [-0.05, 0) is 87.4 Å². The number of thiazole rings is 1. The van der Waals surface area contributed by atoms with Gasteiger partial charge in [0, 0.05) is 21.5 Å². The minimum atomic E-state index is -0.748. The molecule has 0 aliphatic carbocycles. The molecule has 3 heterocycles. The van der Waals surface area contributed by atoms with E-state index in [2.05, 4.69) is 31.6 Å². The Bertz CT molecular complexity index is 1860. The van der Waals surface area contributed by atoms with Crippen molar-refractivity contribution < 1.29 is 19.0 Å². The first kappa shape index (κ1) is 28.6. The van der Waals surface area contributed by atoms with E-state index in [1.807, 2.05) is 50.3 Å². The molecule has 0 amide bonds. The molecule has 0 saturated heterocycles. The van der Waals surface area contributed by atoms with Crippen molar-refractivity contribution in [3.63, 3.8) is 0 Å². The Balaban J connectivity index is 1.70. The highest BCUT2D eigenvalue weighted by atomic mass is 79.9. The zero-order chi connectivity index (χ0) is 29.4. The highest BCUT2D eigenvalue weighted by Gasteiger charge is 2.34. The number of carbonyl (C=O) groups is 1. The van der Waals surface area contributed by atoms with Crippen LogP contribution in [0.3, 0.4) is 0 Å². The Morgan fingerprint density at radius 1 is 1.05 bits per heavy atom. The molecule has 212 valence electrons. The predicted octanol–water partition coefficient (Wildman–Crippen LogP) is 4.99. The van der Waals surface area contributed by atoms with E-state index in [4.69, 9.17) is 14.2 Å².